The molecule has 1 heterocycles. The number of hydrogen-bond donors (Lipinski definition) is 2. The first-order chi connectivity index (χ1) is 17.9. The molecule has 206 valence electrons. The number of rotatable bonds is 9. The van der Waals surface area contributed by atoms with Crippen molar-refractivity contribution < 1.29 is 32.7 Å². The summed E-state index contributed by atoms with van der Waals surface area (Å²) in [5.41, 5.74) is -1.50. The zero-order valence-corrected chi connectivity index (χ0v) is 22.0. The van der Waals surface area contributed by atoms with E-state index >= 15 is 0 Å². The lowest BCUT2D eigenvalue weighted by molar-refractivity contribution is -0.138. The summed E-state index contributed by atoms with van der Waals surface area (Å²) in [6.45, 7) is 4.84. The van der Waals surface area contributed by atoms with Gasteiger partial charge in [0.25, 0.3) is 5.91 Å². The van der Waals surface area contributed by atoms with Crippen LogP contribution in [0.5, 0.6) is 0 Å². The second-order valence-electron chi connectivity index (χ2n) is 10.1. The minimum Gasteiger partial charge on any atom is -0.390 e. The molecule has 6 nitrogen and oxygen atoms in total. The van der Waals surface area contributed by atoms with Crippen molar-refractivity contribution in [3.8, 4) is 0 Å². The van der Waals surface area contributed by atoms with Crippen molar-refractivity contribution in [1.29, 1.82) is 0 Å². The van der Waals surface area contributed by atoms with Gasteiger partial charge in [0.2, 0.25) is 5.91 Å². The van der Waals surface area contributed by atoms with Gasteiger partial charge < -0.3 is 15.3 Å². The fourth-order valence-electron chi connectivity index (χ4n) is 4.95. The molecule has 0 radical (unpaired) electrons. The number of amides is 2. The molecule has 1 aliphatic heterocycles. The average Bonchev–Trinajstić information content (AvgIpc) is 2.90. The highest BCUT2D eigenvalue weighted by Gasteiger charge is 2.36. The third kappa shape index (κ3) is 7.22. The highest BCUT2D eigenvalue weighted by Crippen LogP contribution is 2.33. The Kier molecular flexibility index (Phi) is 9.35. The van der Waals surface area contributed by atoms with Gasteiger partial charge in [0.15, 0.2) is 5.78 Å². The van der Waals surface area contributed by atoms with Crippen molar-refractivity contribution in [2.75, 3.05) is 20.1 Å². The number of alkyl halides is 3. The molecule has 1 aliphatic rings. The maximum absolute atomic E-state index is 13.7. The molecule has 0 atom stereocenters. The summed E-state index contributed by atoms with van der Waals surface area (Å²) in [5.74, 6) is -0.932. The molecular formula is C29H35F3N2O4. The van der Waals surface area contributed by atoms with Crippen LogP contribution in [0.1, 0.15) is 83.4 Å². The van der Waals surface area contributed by atoms with Crippen LogP contribution in [-0.2, 0) is 17.4 Å². The number of aliphatic hydroxyl groups is 1. The molecule has 38 heavy (non-hydrogen) atoms. The molecule has 0 unspecified atom stereocenters. The number of nitrogens with zero attached hydrogens (tertiary/aromatic N) is 1. The van der Waals surface area contributed by atoms with Crippen molar-refractivity contribution in [3.05, 3.63) is 70.3 Å². The number of ketones is 1. The molecule has 0 aliphatic carbocycles. The zero-order valence-electron chi connectivity index (χ0n) is 22.0. The van der Waals surface area contributed by atoms with Gasteiger partial charge in [-0.3, -0.25) is 14.4 Å². The summed E-state index contributed by atoms with van der Waals surface area (Å²) in [7, 11) is 1.46. The summed E-state index contributed by atoms with van der Waals surface area (Å²) in [6.07, 6.45) is -1.53. The van der Waals surface area contributed by atoms with Crippen LogP contribution in [0.3, 0.4) is 0 Å². The first-order valence-electron chi connectivity index (χ1n) is 13.0. The van der Waals surface area contributed by atoms with Crippen LogP contribution in [0, 0.1) is 5.92 Å². The first kappa shape index (κ1) is 29.4. The Hall–Kier alpha value is -3.20. The molecular weight excluding hydrogens is 497 g/mol. The van der Waals surface area contributed by atoms with E-state index in [1.54, 1.807) is 4.90 Å². The smallest absolute Gasteiger partial charge is 0.390 e. The van der Waals surface area contributed by atoms with Gasteiger partial charge in [-0.25, -0.2) is 0 Å². The van der Waals surface area contributed by atoms with Gasteiger partial charge in [-0.05, 0) is 61.1 Å². The lowest BCUT2D eigenvalue weighted by Crippen LogP contribution is -2.47. The monoisotopic (exact) mass is 532 g/mol. The Labute approximate surface area is 221 Å². The van der Waals surface area contributed by atoms with Crippen molar-refractivity contribution in [2.24, 2.45) is 5.92 Å². The zero-order chi connectivity index (χ0) is 28.1. The van der Waals surface area contributed by atoms with E-state index in [2.05, 4.69) is 19.2 Å². The maximum Gasteiger partial charge on any atom is 0.416 e. The van der Waals surface area contributed by atoms with E-state index in [0.29, 0.717) is 43.8 Å². The van der Waals surface area contributed by atoms with Crippen LogP contribution >= 0.6 is 0 Å². The van der Waals surface area contributed by atoms with Crippen molar-refractivity contribution in [1.82, 2.24) is 10.2 Å². The van der Waals surface area contributed by atoms with E-state index < -0.39 is 23.1 Å². The molecule has 3 rings (SSSR count). The number of benzene rings is 2. The Morgan fingerprint density at radius 2 is 1.55 bits per heavy atom. The van der Waals surface area contributed by atoms with Crippen molar-refractivity contribution in [2.45, 2.75) is 64.1 Å². The number of nitrogens with one attached hydrogen (secondary N) is 1. The minimum atomic E-state index is -4.70. The van der Waals surface area contributed by atoms with Crippen molar-refractivity contribution >= 4 is 17.6 Å². The molecule has 2 aromatic carbocycles. The van der Waals surface area contributed by atoms with Gasteiger partial charge in [0.05, 0.1) is 17.6 Å². The molecule has 9 heteroatoms. The maximum atomic E-state index is 13.7. The summed E-state index contributed by atoms with van der Waals surface area (Å²) >= 11 is 0. The van der Waals surface area contributed by atoms with E-state index in [-0.39, 0.29) is 34.9 Å². The van der Waals surface area contributed by atoms with Gasteiger partial charge in [-0.2, -0.15) is 13.2 Å². The van der Waals surface area contributed by atoms with Crippen LogP contribution in [0.25, 0.3) is 0 Å². The number of piperidine rings is 1. The lowest BCUT2D eigenvalue weighted by Gasteiger charge is -2.40. The van der Waals surface area contributed by atoms with E-state index in [1.807, 2.05) is 0 Å². The van der Waals surface area contributed by atoms with E-state index in [9.17, 15) is 32.7 Å². The Morgan fingerprint density at radius 1 is 0.974 bits per heavy atom. The quantitative estimate of drug-likeness (QED) is 0.444. The predicted octanol–water partition coefficient (Wildman–Crippen LogP) is 5.02. The van der Waals surface area contributed by atoms with Crippen LogP contribution in [0.4, 0.5) is 13.2 Å². The normalized spacial score (nSPS) is 15.4. The number of carbonyl (C=O) groups excluding carboxylic acids is 3. The fraction of sp³-hybridized carbons (Fsp3) is 0.483. The highest BCUT2D eigenvalue weighted by atomic mass is 19.4. The third-order valence-electron chi connectivity index (χ3n) is 7.44. The molecule has 2 amide bonds. The molecule has 1 fully saturated rings. The Balaban J connectivity index is 1.77. The van der Waals surface area contributed by atoms with Gasteiger partial charge in [0, 0.05) is 36.8 Å². The summed E-state index contributed by atoms with van der Waals surface area (Å²) in [4.78, 5) is 39.3. The van der Waals surface area contributed by atoms with Gasteiger partial charge >= 0.3 is 6.18 Å². The predicted molar refractivity (Wildman–Crippen MR) is 138 cm³/mol. The van der Waals surface area contributed by atoms with Crippen molar-refractivity contribution in [3.63, 3.8) is 0 Å². The summed E-state index contributed by atoms with van der Waals surface area (Å²) in [5, 5.41) is 13.4. The summed E-state index contributed by atoms with van der Waals surface area (Å²) in [6, 6.07) is 8.60. The van der Waals surface area contributed by atoms with E-state index in [4.69, 9.17) is 0 Å². The SMILES string of the molecule is CCC(CC)CC1(O)CCN(C(=O)Cc2cc(C(=O)c3ccc(C(=O)NC)cc3)cc(C(F)(F)F)c2)CC1. The largest absolute Gasteiger partial charge is 0.416 e. The Bertz CT molecular complexity index is 1150. The molecule has 2 N–H and O–H groups in total. The molecule has 1 saturated heterocycles. The second kappa shape index (κ2) is 12.1. The fourth-order valence-corrected chi connectivity index (χ4v) is 4.95. The standard InChI is InChI=1S/C29H35F3N2O4/c1-4-19(5-2)18-28(38)10-12-34(13-11-28)25(35)16-20-14-23(17-24(15-20)29(30,31)32)26(36)21-6-8-22(9-7-21)27(37)33-3/h6-9,14-15,17,19,38H,4-5,10-13,16,18H2,1-3H3,(H,33,37). The van der Waals surface area contributed by atoms with E-state index in [1.165, 1.54) is 37.4 Å². The van der Waals surface area contributed by atoms with Gasteiger partial charge in [-0.15, -0.1) is 0 Å². The average molecular weight is 533 g/mol. The van der Waals surface area contributed by atoms with E-state index in [0.717, 1.165) is 25.0 Å². The van der Waals surface area contributed by atoms with Gasteiger partial charge in [0.1, 0.15) is 0 Å². The molecule has 0 bridgehead atoms. The number of halogens is 3. The number of hydrogen-bond acceptors (Lipinski definition) is 4. The highest BCUT2D eigenvalue weighted by molar-refractivity contribution is 6.09. The third-order valence-corrected chi connectivity index (χ3v) is 7.44. The Morgan fingerprint density at radius 3 is 2.08 bits per heavy atom. The number of carbonyl (C=O) groups is 3. The molecule has 0 saturated carbocycles. The van der Waals surface area contributed by atoms with Crippen LogP contribution in [0.2, 0.25) is 0 Å². The molecule has 2 aromatic rings. The minimum absolute atomic E-state index is 0.0908. The van der Waals surface area contributed by atoms with Crippen LogP contribution < -0.4 is 5.32 Å². The van der Waals surface area contributed by atoms with Crippen LogP contribution in [-0.4, -0.2) is 53.3 Å². The first-order valence-corrected chi connectivity index (χ1v) is 13.0. The molecule has 0 aromatic heterocycles. The van der Waals surface area contributed by atoms with Gasteiger partial charge in [-0.1, -0.05) is 38.8 Å². The summed E-state index contributed by atoms with van der Waals surface area (Å²) < 4.78 is 41.0. The molecule has 0 spiro atoms. The lowest BCUT2D eigenvalue weighted by atomic mass is 9.81. The topological polar surface area (TPSA) is 86.7 Å². The number of likely N-dealkylation sites (tertiary alicyclic amines) is 1. The van der Waals surface area contributed by atoms with Crippen LogP contribution in [0.15, 0.2) is 42.5 Å². The second-order valence-corrected chi connectivity index (χ2v) is 10.1.